The standard InChI is InChI=1S/C18H15N3O3/c1-12-2-5-14(11-20-12)18(23)24-16-8-9-21(17(16)22)15-6-3-13(10-19)4-7-15/h2-7,11,16H,8-9H2,1H3/t16-/m1/s1. The third-order valence-electron chi connectivity index (χ3n) is 3.86. The van der Waals surface area contributed by atoms with Crippen LogP contribution in [0.1, 0.15) is 28.0 Å². The zero-order valence-corrected chi connectivity index (χ0v) is 13.1. The molecule has 1 aromatic carbocycles. The number of amides is 1. The van der Waals surface area contributed by atoms with Gasteiger partial charge in [0.15, 0.2) is 6.10 Å². The van der Waals surface area contributed by atoms with Crippen molar-refractivity contribution in [2.24, 2.45) is 0 Å². The van der Waals surface area contributed by atoms with E-state index in [1.165, 1.54) is 6.20 Å². The highest BCUT2D eigenvalue weighted by Gasteiger charge is 2.35. The molecule has 1 saturated heterocycles. The fraction of sp³-hybridized carbons (Fsp3) is 0.222. The topological polar surface area (TPSA) is 83.3 Å². The number of esters is 1. The largest absolute Gasteiger partial charge is 0.449 e. The lowest BCUT2D eigenvalue weighted by molar-refractivity contribution is -0.124. The predicted octanol–water partition coefficient (Wildman–Crippen LogP) is 2.22. The van der Waals surface area contributed by atoms with E-state index in [4.69, 9.17) is 10.00 Å². The first-order valence-electron chi connectivity index (χ1n) is 7.53. The van der Waals surface area contributed by atoms with Gasteiger partial charge in [0.2, 0.25) is 0 Å². The lowest BCUT2D eigenvalue weighted by Gasteiger charge is -2.16. The molecule has 2 heterocycles. The molecule has 0 aliphatic carbocycles. The molecular weight excluding hydrogens is 306 g/mol. The number of carbonyl (C=O) groups is 2. The Morgan fingerprint density at radius 2 is 2.04 bits per heavy atom. The van der Waals surface area contributed by atoms with E-state index >= 15 is 0 Å². The summed E-state index contributed by atoms with van der Waals surface area (Å²) in [7, 11) is 0. The van der Waals surface area contributed by atoms with Crippen molar-refractivity contribution < 1.29 is 14.3 Å². The summed E-state index contributed by atoms with van der Waals surface area (Å²) in [5, 5.41) is 8.82. The summed E-state index contributed by atoms with van der Waals surface area (Å²) in [6.07, 6.45) is 1.08. The number of hydrogen-bond donors (Lipinski definition) is 0. The van der Waals surface area contributed by atoms with Crippen molar-refractivity contribution >= 4 is 17.6 Å². The number of aryl methyl sites for hydroxylation is 1. The third-order valence-corrected chi connectivity index (χ3v) is 3.86. The second-order valence-corrected chi connectivity index (χ2v) is 5.52. The minimum Gasteiger partial charge on any atom is -0.449 e. The Morgan fingerprint density at radius 1 is 1.29 bits per heavy atom. The molecule has 6 heteroatoms. The van der Waals surface area contributed by atoms with Gasteiger partial charge in [0.25, 0.3) is 5.91 Å². The summed E-state index contributed by atoms with van der Waals surface area (Å²) in [5.74, 6) is -0.810. The van der Waals surface area contributed by atoms with Crippen LogP contribution < -0.4 is 4.90 Å². The molecule has 0 radical (unpaired) electrons. The minimum absolute atomic E-state index is 0.256. The Balaban J connectivity index is 1.68. The highest BCUT2D eigenvalue weighted by Crippen LogP contribution is 2.24. The number of anilines is 1. The summed E-state index contributed by atoms with van der Waals surface area (Å²) in [6.45, 7) is 2.29. The number of aromatic nitrogens is 1. The van der Waals surface area contributed by atoms with Crippen LogP contribution in [0, 0.1) is 18.3 Å². The van der Waals surface area contributed by atoms with E-state index in [-0.39, 0.29) is 5.91 Å². The van der Waals surface area contributed by atoms with E-state index in [2.05, 4.69) is 4.98 Å². The van der Waals surface area contributed by atoms with Crippen LogP contribution in [0.4, 0.5) is 5.69 Å². The Bertz CT molecular complexity index is 807. The smallest absolute Gasteiger partial charge is 0.340 e. The first kappa shape index (κ1) is 15.7. The van der Waals surface area contributed by atoms with Gasteiger partial charge in [-0.1, -0.05) is 0 Å². The Hall–Kier alpha value is -3.20. The Morgan fingerprint density at radius 3 is 2.67 bits per heavy atom. The van der Waals surface area contributed by atoms with Crippen LogP contribution in [-0.2, 0) is 9.53 Å². The summed E-state index contributed by atoms with van der Waals surface area (Å²) in [5.41, 5.74) is 2.34. The maximum absolute atomic E-state index is 12.4. The van der Waals surface area contributed by atoms with Gasteiger partial charge in [-0.05, 0) is 43.3 Å². The van der Waals surface area contributed by atoms with Crippen LogP contribution in [-0.4, -0.2) is 29.5 Å². The van der Waals surface area contributed by atoms with Gasteiger partial charge in [-0.2, -0.15) is 5.26 Å². The van der Waals surface area contributed by atoms with E-state index in [0.29, 0.717) is 29.8 Å². The monoisotopic (exact) mass is 321 g/mol. The quantitative estimate of drug-likeness (QED) is 0.809. The van der Waals surface area contributed by atoms with Gasteiger partial charge in [0.05, 0.1) is 17.2 Å². The van der Waals surface area contributed by atoms with Gasteiger partial charge in [-0.25, -0.2) is 4.79 Å². The zero-order chi connectivity index (χ0) is 17.1. The average molecular weight is 321 g/mol. The van der Waals surface area contributed by atoms with E-state index in [0.717, 1.165) is 5.69 Å². The van der Waals surface area contributed by atoms with E-state index in [1.54, 1.807) is 41.3 Å². The highest BCUT2D eigenvalue weighted by molar-refractivity contribution is 6.01. The third kappa shape index (κ3) is 3.10. The fourth-order valence-corrected chi connectivity index (χ4v) is 2.52. The molecule has 1 fully saturated rings. The molecule has 3 rings (SSSR count). The fourth-order valence-electron chi connectivity index (χ4n) is 2.52. The molecule has 120 valence electrons. The minimum atomic E-state index is -0.797. The molecule has 0 N–H and O–H groups in total. The average Bonchev–Trinajstić information content (AvgIpc) is 2.96. The van der Waals surface area contributed by atoms with E-state index in [1.807, 2.05) is 13.0 Å². The molecule has 1 aliphatic rings. The summed E-state index contributed by atoms with van der Waals surface area (Å²) >= 11 is 0. The van der Waals surface area contributed by atoms with Crippen molar-refractivity contribution in [3.05, 3.63) is 59.4 Å². The molecular formula is C18H15N3O3. The van der Waals surface area contributed by atoms with Crippen molar-refractivity contribution in [1.29, 1.82) is 5.26 Å². The number of ether oxygens (including phenoxy) is 1. The van der Waals surface area contributed by atoms with Crippen LogP contribution in [0.25, 0.3) is 0 Å². The number of nitriles is 1. The predicted molar refractivity (Wildman–Crippen MR) is 86.3 cm³/mol. The number of pyridine rings is 1. The first-order valence-corrected chi connectivity index (χ1v) is 7.53. The molecule has 24 heavy (non-hydrogen) atoms. The van der Waals surface area contributed by atoms with Crippen molar-refractivity contribution in [3.8, 4) is 6.07 Å². The normalized spacial score (nSPS) is 16.8. The van der Waals surface area contributed by atoms with Gasteiger partial charge >= 0.3 is 5.97 Å². The summed E-state index contributed by atoms with van der Waals surface area (Å²) < 4.78 is 5.32. The Kier molecular flexibility index (Phi) is 4.25. The van der Waals surface area contributed by atoms with E-state index in [9.17, 15) is 9.59 Å². The van der Waals surface area contributed by atoms with E-state index < -0.39 is 12.1 Å². The molecule has 2 aromatic rings. The van der Waals surface area contributed by atoms with Crippen molar-refractivity contribution in [2.45, 2.75) is 19.4 Å². The summed E-state index contributed by atoms with van der Waals surface area (Å²) in [6, 6.07) is 12.1. The number of benzene rings is 1. The molecule has 0 bridgehead atoms. The lowest BCUT2D eigenvalue weighted by Crippen LogP contribution is -2.32. The SMILES string of the molecule is Cc1ccc(C(=O)O[C@@H]2CCN(c3ccc(C#N)cc3)C2=O)cn1. The summed E-state index contributed by atoms with van der Waals surface area (Å²) in [4.78, 5) is 30.2. The Labute approximate surface area is 139 Å². The second-order valence-electron chi connectivity index (χ2n) is 5.52. The molecule has 0 spiro atoms. The van der Waals surface area contributed by atoms with Crippen LogP contribution in [0.15, 0.2) is 42.6 Å². The van der Waals surface area contributed by atoms with Crippen LogP contribution in [0.5, 0.6) is 0 Å². The molecule has 1 aromatic heterocycles. The number of nitrogens with zero attached hydrogens (tertiary/aromatic N) is 3. The van der Waals surface area contributed by atoms with Gasteiger partial charge in [0, 0.05) is 30.5 Å². The second kappa shape index (κ2) is 6.50. The number of hydrogen-bond acceptors (Lipinski definition) is 5. The zero-order valence-electron chi connectivity index (χ0n) is 13.1. The van der Waals surface area contributed by atoms with Crippen LogP contribution >= 0.6 is 0 Å². The van der Waals surface area contributed by atoms with Gasteiger partial charge in [-0.15, -0.1) is 0 Å². The molecule has 6 nitrogen and oxygen atoms in total. The molecule has 1 aliphatic heterocycles. The van der Waals surface area contributed by atoms with Gasteiger partial charge < -0.3 is 9.64 Å². The molecule has 1 amide bonds. The van der Waals surface area contributed by atoms with Gasteiger partial charge in [0.1, 0.15) is 0 Å². The molecule has 1 atom stereocenters. The van der Waals surface area contributed by atoms with Crippen molar-refractivity contribution in [1.82, 2.24) is 4.98 Å². The van der Waals surface area contributed by atoms with Crippen molar-refractivity contribution in [3.63, 3.8) is 0 Å². The number of carbonyl (C=O) groups excluding carboxylic acids is 2. The van der Waals surface area contributed by atoms with Crippen LogP contribution in [0.2, 0.25) is 0 Å². The maximum atomic E-state index is 12.4. The molecule has 0 unspecified atom stereocenters. The number of rotatable bonds is 3. The highest BCUT2D eigenvalue weighted by atomic mass is 16.5. The maximum Gasteiger partial charge on any atom is 0.340 e. The van der Waals surface area contributed by atoms with Gasteiger partial charge in [-0.3, -0.25) is 9.78 Å². The molecule has 0 saturated carbocycles. The first-order chi connectivity index (χ1) is 11.6. The van der Waals surface area contributed by atoms with Crippen LogP contribution in [0.3, 0.4) is 0 Å². The van der Waals surface area contributed by atoms with Crippen molar-refractivity contribution in [2.75, 3.05) is 11.4 Å². The lowest BCUT2D eigenvalue weighted by atomic mass is 10.2.